The van der Waals surface area contributed by atoms with Gasteiger partial charge in [0, 0.05) is 4.90 Å². The quantitative estimate of drug-likeness (QED) is 0.866. The van der Waals surface area contributed by atoms with Crippen molar-refractivity contribution in [2.45, 2.75) is 35.8 Å². The van der Waals surface area contributed by atoms with Gasteiger partial charge in [0.15, 0.2) is 0 Å². The summed E-state index contributed by atoms with van der Waals surface area (Å²) >= 11 is 1.66. The minimum Gasteiger partial charge on any atom is -0.480 e. The molecule has 2 unspecified atom stereocenters. The van der Waals surface area contributed by atoms with Gasteiger partial charge < -0.3 is 15.2 Å². The summed E-state index contributed by atoms with van der Waals surface area (Å²) in [5.74, 6) is -0.625. The van der Waals surface area contributed by atoms with Crippen LogP contribution in [0.5, 0.6) is 0 Å². The average molecular weight is 281 g/mol. The molecule has 2 N–H and O–H groups in total. The first-order valence-corrected chi connectivity index (χ1v) is 7.27. The van der Waals surface area contributed by atoms with Crippen LogP contribution in [0.3, 0.4) is 0 Å². The summed E-state index contributed by atoms with van der Waals surface area (Å²) in [4.78, 5) is 12.3. The second-order valence-corrected chi connectivity index (χ2v) is 6.01. The van der Waals surface area contributed by atoms with Crippen LogP contribution in [0.1, 0.15) is 13.3 Å². The number of carbonyl (C=O) groups is 1. The van der Waals surface area contributed by atoms with Crippen LogP contribution in [-0.2, 0) is 9.53 Å². The van der Waals surface area contributed by atoms with Gasteiger partial charge in [0.05, 0.1) is 6.10 Å². The summed E-state index contributed by atoms with van der Waals surface area (Å²) in [6, 6.07) is 9.40. The molecule has 4 atom stereocenters. The summed E-state index contributed by atoms with van der Waals surface area (Å²) < 4.78 is 5.91. The van der Waals surface area contributed by atoms with E-state index in [-0.39, 0.29) is 17.5 Å². The van der Waals surface area contributed by atoms with Gasteiger partial charge >= 0.3 is 5.97 Å². The van der Waals surface area contributed by atoms with Crippen LogP contribution in [0.25, 0.3) is 0 Å². The average Bonchev–Trinajstić information content (AvgIpc) is 2.72. The van der Waals surface area contributed by atoms with Crippen molar-refractivity contribution in [2.75, 3.05) is 7.05 Å². The lowest BCUT2D eigenvalue weighted by atomic mass is 9.98. The number of carboxylic acid groups (broad SMARTS) is 1. The predicted octanol–water partition coefficient (Wildman–Crippen LogP) is 2.20. The molecule has 0 spiro atoms. The zero-order chi connectivity index (χ0) is 13.8. The molecule has 5 heteroatoms. The maximum atomic E-state index is 11.2. The van der Waals surface area contributed by atoms with E-state index in [0.717, 1.165) is 11.3 Å². The molecule has 19 heavy (non-hydrogen) atoms. The van der Waals surface area contributed by atoms with Crippen LogP contribution >= 0.6 is 11.8 Å². The van der Waals surface area contributed by atoms with Crippen LogP contribution in [-0.4, -0.2) is 35.7 Å². The lowest BCUT2D eigenvalue weighted by Crippen LogP contribution is -2.46. The number of carboxylic acids is 1. The lowest BCUT2D eigenvalue weighted by Gasteiger charge is -2.22. The zero-order valence-electron chi connectivity index (χ0n) is 11.1. The minimum absolute atomic E-state index is 0.0256. The lowest BCUT2D eigenvalue weighted by molar-refractivity contribution is -0.143. The van der Waals surface area contributed by atoms with Gasteiger partial charge in [0.1, 0.15) is 11.5 Å². The monoisotopic (exact) mass is 281 g/mol. The van der Waals surface area contributed by atoms with Crippen molar-refractivity contribution in [3.05, 3.63) is 30.3 Å². The normalized spacial score (nSPS) is 28.2. The molecule has 1 aromatic carbocycles. The van der Waals surface area contributed by atoms with Crippen molar-refractivity contribution < 1.29 is 14.6 Å². The first-order chi connectivity index (χ1) is 9.11. The van der Waals surface area contributed by atoms with Crippen LogP contribution in [0.4, 0.5) is 0 Å². The van der Waals surface area contributed by atoms with Crippen molar-refractivity contribution >= 4 is 17.7 Å². The number of likely N-dealkylation sites (N-methyl/N-ethyl adjacent to an activating group) is 1. The molecule has 104 valence electrons. The van der Waals surface area contributed by atoms with Gasteiger partial charge in [-0.25, -0.2) is 0 Å². The summed E-state index contributed by atoms with van der Waals surface area (Å²) in [5.41, 5.74) is 0.0256. The van der Waals surface area contributed by atoms with E-state index in [1.165, 1.54) is 0 Å². The van der Waals surface area contributed by atoms with Gasteiger partial charge in [-0.1, -0.05) is 36.9 Å². The molecule has 0 bridgehead atoms. The molecule has 1 fully saturated rings. The Labute approximate surface area is 117 Å². The molecule has 0 radical (unpaired) electrons. The van der Waals surface area contributed by atoms with Crippen LogP contribution < -0.4 is 5.32 Å². The molecule has 1 aromatic rings. The smallest absolute Gasteiger partial charge is 0.323 e. The Morgan fingerprint density at radius 1 is 1.47 bits per heavy atom. The van der Waals surface area contributed by atoms with Gasteiger partial charge in [-0.05, 0) is 31.5 Å². The molecule has 0 saturated carbocycles. The predicted molar refractivity (Wildman–Crippen MR) is 75.2 cm³/mol. The standard InChI is InChI=1S/C14H19NO3S/c1-9-8-11(19-10-6-4-3-5-7-10)18-13(9)12(15-2)14(16)17/h3-7,9,11-13,15H,8H2,1-2H3,(H,16,17)/t9-,11?,12?,13-/m1/s1. The number of aliphatic carboxylic acids is 1. The maximum Gasteiger partial charge on any atom is 0.323 e. The molecular weight excluding hydrogens is 262 g/mol. The minimum atomic E-state index is -0.857. The van der Waals surface area contributed by atoms with Crippen molar-refractivity contribution in [1.82, 2.24) is 5.32 Å². The first-order valence-electron chi connectivity index (χ1n) is 6.39. The third-order valence-electron chi connectivity index (χ3n) is 3.35. The Morgan fingerprint density at radius 2 is 2.16 bits per heavy atom. The number of nitrogens with one attached hydrogen (secondary N) is 1. The van der Waals surface area contributed by atoms with E-state index >= 15 is 0 Å². The maximum absolute atomic E-state index is 11.2. The van der Waals surface area contributed by atoms with Crippen molar-refractivity contribution in [3.8, 4) is 0 Å². The second kappa shape index (κ2) is 6.41. The largest absolute Gasteiger partial charge is 0.480 e. The third-order valence-corrected chi connectivity index (χ3v) is 4.46. The van der Waals surface area contributed by atoms with Gasteiger partial charge in [0.25, 0.3) is 0 Å². The molecule has 0 aliphatic carbocycles. The first kappa shape index (κ1) is 14.4. The van der Waals surface area contributed by atoms with Crippen LogP contribution in [0, 0.1) is 5.92 Å². The van der Waals surface area contributed by atoms with E-state index in [1.54, 1.807) is 18.8 Å². The van der Waals surface area contributed by atoms with E-state index in [0.29, 0.717) is 0 Å². The van der Waals surface area contributed by atoms with E-state index in [1.807, 2.05) is 37.3 Å². The van der Waals surface area contributed by atoms with Gasteiger partial charge in [-0.3, -0.25) is 4.79 Å². The summed E-state index contributed by atoms with van der Waals surface area (Å²) in [6.45, 7) is 2.05. The van der Waals surface area contributed by atoms with Gasteiger partial charge in [-0.15, -0.1) is 0 Å². The SMILES string of the molecule is CNC(C(=O)O)[C@@H]1OC(Sc2ccccc2)C[C@H]1C. The Kier molecular flexibility index (Phi) is 4.85. The number of hydrogen-bond donors (Lipinski definition) is 2. The highest BCUT2D eigenvalue weighted by atomic mass is 32.2. The molecule has 0 aromatic heterocycles. The zero-order valence-corrected chi connectivity index (χ0v) is 11.9. The Hall–Kier alpha value is -1.04. The van der Waals surface area contributed by atoms with Gasteiger partial charge in [-0.2, -0.15) is 0 Å². The molecule has 1 aliphatic heterocycles. The molecular formula is C14H19NO3S. The highest BCUT2D eigenvalue weighted by Crippen LogP contribution is 2.37. The fraction of sp³-hybridized carbons (Fsp3) is 0.500. The topological polar surface area (TPSA) is 58.6 Å². The molecule has 1 aliphatic rings. The summed E-state index contributed by atoms with van der Waals surface area (Å²) in [6.07, 6.45) is 0.596. The summed E-state index contributed by atoms with van der Waals surface area (Å²) in [5, 5.41) is 12.0. The highest BCUT2D eigenvalue weighted by Gasteiger charge is 2.40. The van der Waals surface area contributed by atoms with Crippen LogP contribution in [0.15, 0.2) is 35.2 Å². The Balaban J connectivity index is 1.99. The van der Waals surface area contributed by atoms with E-state index in [4.69, 9.17) is 4.74 Å². The van der Waals surface area contributed by atoms with E-state index in [9.17, 15) is 9.90 Å². The number of benzene rings is 1. The second-order valence-electron chi connectivity index (χ2n) is 4.78. The number of hydrogen-bond acceptors (Lipinski definition) is 4. The van der Waals surface area contributed by atoms with Crippen molar-refractivity contribution in [2.24, 2.45) is 5.92 Å². The van der Waals surface area contributed by atoms with Gasteiger partial charge in [0.2, 0.25) is 0 Å². The molecule has 1 saturated heterocycles. The Bertz CT molecular complexity index is 426. The van der Waals surface area contributed by atoms with Crippen molar-refractivity contribution in [1.29, 1.82) is 0 Å². The number of ether oxygens (including phenoxy) is 1. The highest BCUT2D eigenvalue weighted by molar-refractivity contribution is 7.99. The number of thioether (sulfide) groups is 1. The molecule has 1 heterocycles. The fourth-order valence-electron chi connectivity index (χ4n) is 2.36. The van der Waals surface area contributed by atoms with E-state index in [2.05, 4.69) is 5.32 Å². The molecule has 2 rings (SSSR count). The third kappa shape index (κ3) is 3.49. The van der Waals surface area contributed by atoms with Crippen molar-refractivity contribution in [3.63, 3.8) is 0 Å². The molecule has 0 amide bonds. The number of rotatable bonds is 5. The van der Waals surface area contributed by atoms with E-state index < -0.39 is 12.0 Å². The summed E-state index contributed by atoms with van der Waals surface area (Å²) in [7, 11) is 1.66. The fourth-order valence-corrected chi connectivity index (χ4v) is 3.57. The Morgan fingerprint density at radius 3 is 2.74 bits per heavy atom. The molecule has 4 nitrogen and oxygen atoms in total. The van der Waals surface area contributed by atoms with Crippen LogP contribution in [0.2, 0.25) is 0 Å².